The number of hydrogen-bond donors (Lipinski definition) is 3. The predicted octanol–water partition coefficient (Wildman–Crippen LogP) is -0.485. The molecule has 0 radical (unpaired) electrons. The molecule has 3 N–H and O–H groups in total. The number of fused-ring (bicyclic) bond motifs is 1. The average molecular weight is 423 g/mol. The largest absolute Gasteiger partial charge is 0.350 e. The van der Waals surface area contributed by atoms with E-state index in [1.54, 1.807) is 22.9 Å². The highest BCUT2D eigenvalue weighted by Gasteiger charge is 2.44. The molecule has 0 bridgehead atoms. The molecule has 0 spiro atoms. The summed E-state index contributed by atoms with van der Waals surface area (Å²) in [5, 5.41) is 13.0. The number of aryl methyl sites for hydroxylation is 1. The number of carbonyl (C=O) groups is 4. The van der Waals surface area contributed by atoms with E-state index in [0.717, 1.165) is 29.4 Å². The zero-order valence-corrected chi connectivity index (χ0v) is 16.8. The van der Waals surface area contributed by atoms with E-state index >= 15 is 0 Å². The molecule has 4 heterocycles. The molecule has 160 valence electrons. The van der Waals surface area contributed by atoms with Crippen LogP contribution in [0.4, 0.5) is 5.95 Å². The van der Waals surface area contributed by atoms with Crippen molar-refractivity contribution in [2.45, 2.75) is 31.3 Å². The minimum absolute atomic E-state index is 0.0928. The fourth-order valence-electron chi connectivity index (χ4n) is 4.01. The second kappa shape index (κ2) is 7.27. The lowest BCUT2D eigenvalue weighted by Crippen LogP contribution is -2.54. The summed E-state index contributed by atoms with van der Waals surface area (Å²) in [4.78, 5) is 54.7. The number of nitrogens with zero attached hydrogens (tertiary/aromatic N) is 4. The highest BCUT2D eigenvalue weighted by atomic mass is 16.2. The maximum Gasteiger partial charge on any atom is 0.262 e. The summed E-state index contributed by atoms with van der Waals surface area (Å²) < 4.78 is 1.68. The van der Waals surface area contributed by atoms with Crippen molar-refractivity contribution in [3.8, 4) is 0 Å². The van der Waals surface area contributed by atoms with E-state index in [1.807, 2.05) is 7.05 Å². The Morgan fingerprint density at radius 2 is 1.90 bits per heavy atom. The molecule has 0 saturated carbocycles. The van der Waals surface area contributed by atoms with E-state index in [-0.39, 0.29) is 24.0 Å². The van der Waals surface area contributed by atoms with Crippen LogP contribution in [0, 0.1) is 0 Å². The minimum atomic E-state index is -0.968. The second-order valence-electron chi connectivity index (χ2n) is 7.95. The Morgan fingerprint density at radius 3 is 2.61 bits per heavy atom. The Morgan fingerprint density at radius 1 is 1.13 bits per heavy atom. The fourth-order valence-corrected chi connectivity index (χ4v) is 4.01. The number of aromatic nitrogens is 3. The summed E-state index contributed by atoms with van der Waals surface area (Å²) in [6.07, 6.45) is 0.227. The average Bonchev–Trinajstić information content (AvgIpc) is 3.17. The Hall–Kier alpha value is -3.60. The number of piperidine rings is 1. The lowest BCUT2D eigenvalue weighted by molar-refractivity contribution is -0.136. The van der Waals surface area contributed by atoms with Crippen molar-refractivity contribution in [2.75, 3.05) is 18.4 Å². The smallest absolute Gasteiger partial charge is 0.262 e. The summed E-state index contributed by atoms with van der Waals surface area (Å²) in [5.41, 5.74) is 1.31. The Kier molecular flexibility index (Phi) is 4.54. The Bertz CT molecular complexity index is 1120. The minimum Gasteiger partial charge on any atom is -0.350 e. The van der Waals surface area contributed by atoms with E-state index in [0.29, 0.717) is 18.4 Å². The van der Waals surface area contributed by atoms with Crippen LogP contribution in [0.5, 0.6) is 0 Å². The van der Waals surface area contributed by atoms with Gasteiger partial charge in [-0.3, -0.25) is 29.4 Å². The summed E-state index contributed by atoms with van der Waals surface area (Å²) in [6.45, 7) is 2.13. The van der Waals surface area contributed by atoms with Gasteiger partial charge in [0, 0.05) is 39.0 Å². The van der Waals surface area contributed by atoms with Gasteiger partial charge in [-0.15, -0.1) is 0 Å². The van der Waals surface area contributed by atoms with Crippen LogP contribution in [0.1, 0.15) is 50.9 Å². The van der Waals surface area contributed by atoms with Crippen LogP contribution in [-0.2, 0) is 23.2 Å². The summed E-state index contributed by atoms with van der Waals surface area (Å²) >= 11 is 0. The van der Waals surface area contributed by atoms with Crippen molar-refractivity contribution in [1.29, 1.82) is 0 Å². The molecular formula is C20H21N7O4. The van der Waals surface area contributed by atoms with Gasteiger partial charge in [0.1, 0.15) is 6.04 Å². The van der Waals surface area contributed by atoms with Gasteiger partial charge >= 0.3 is 0 Å². The van der Waals surface area contributed by atoms with Crippen LogP contribution >= 0.6 is 0 Å². The van der Waals surface area contributed by atoms with Gasteiger partial charge in [0.2, 0.25) is 17.8 Å². The summed E-state index contributed by atoms with van der Waals surface area (Å²) in [7, 11) is 1.81. The molecule has 3 aliphatic heterocycles. The number of benzene rings is 1. The van der Waals surface area contributed by atoms with E-state index in [2.05, 4.69) is 26.0 Å². The number of anilines is 1. The molecule has 3 aliphatic rings. The molecule has 1 atom stereocenters. The number of nitrogens with one attached hydrogen (secondary N) is 3. The molecule has 1 aromatic heterocycles. The van der Waals surface area contributed by atoms with Crippen LogP contribution in [-0.4, -0.2) is 62.4 Å². The van der Waals surface area contributed by atoms with Gasteiger partial charge in [0.25, 0.3) is 11.8 Å². The van der Waals surface area contributed by atoms with Gasteiger partial charge in [-0.1, -0.05) is 6.07 Å². The van der Waals surface area contributed by atoms with Crippen LogP contribution in [0.15, 0.2) is 18.2 Å². The molecular weight excluding hydrogens is 402 g/mol. The van der Waals surface area contributed by atoms with Crippen LogP contribution in [0.3, 0.4) is 0 Å². The predicted molar refractivity (Wildman–Crippen MR) is 107 cm³/mol. The molecule has 31 heavy (non-hydrogen) atoms. The molecule has 11 nitrogen and oxygen atoms in total. The van der Waals surface area contributed by atoms with Crippen molar-refractivity contribution in [1.82, 2.24) is 30.3 Å². The highest BCUT2D eigenvalue weighted by Crippen LogP contribution is 2.28. The quantitative estimate of drug-likeness (QED) is 0.548. The van der Waals surface area contributed by atoms with Gasteiger partial charge < -0.3 is 10.6 Å². The van der Waals surface area contributed by atoms with Crippen molar-refractivity contribution >= 4 is 29.6 Å². The monoisotopic (exact) mass is 423 g/mol. The third-order valence-corrected chi connectivity index (χ3v) is 5.88. The van der Waals surface area contributed by atoms with E-state index < -0.39 is 29.7 Å². The first kappa shape index (κ1) is 19.4. The normalized spacial score (nSPS) is 21.2. The molecule has 2 fully saturated rings. The molecule has 5 rings (SSSR count). The number of hydrogen-bond acceptors (Lipinski definition) is 8. The zero-order chi connectivity index (χ0) is 21.7. The first-order valence-electron chi connectivity index (χ1n) is 10.1. The van der Waals surface area contributed by atoms with Crippen molar-refractivity contribution in [3.05, 3.63) is 40.7 Å². The third kappa shape index (κ3) is 3.26. The number of imide groups is 2. The fraction of sp³-hybridized carbons (Fsp3) is 0.400. The van der Waals surface area contributed by atoms with Gasteiger partial charge in [-0.2, -0.15) is 10.1 Å². The molecule has 2 saturated heterocycles. The Labute approximate surface area is 177 Å². The number of carbonyl (C=O) groups excluding carboxylic acids is 4. The van der Waals surface area contributed by atoms with Crippen LogP contribution in [0.2, 0.25) is 0 Å². The molecule has 1 unspecified atom stereocenters. The third-order valence-electron chi connectivity index (χ3n) is 5.88. The molecule has 11 heteroatoms. The molecule has 0 aliphatic carbocycles. The van der Waals surface area contributed by atoms with E-state index in [1.165, 1.54) is 0 Å². The van der Waals surface area contributed by atoms with Crippen LogP contribution < -0.4 is 16.0 Å². The number of rotatable bonds is 5. The topological polar surface area (TPSA) is 138 Å². The second-order valence-corrected chi connectivity index (χ2v) is 7.95. The highest BCUT2D eigenvalue weighted by molar-refractivity contribution is 6.23. The molecule has 4 amide bonds. The van der Waals surface area contributed by atoms with Gasteiger partial charge in [0.15, 0.2) is 5.82 Å². The van der Waals surface area contributed by atoms with Crippen LogP contribution in [0.25, 0.3) is 0 Å². The van der Waals surface area contributed by atoms with Crippen molar-refractivity contribution in [2.24, 2.45) is 7.05 Å². The van der Waals surface area contributed by atoms with Gasteiger partial charge in [-0.25, -0.2) is 4.68 Å². The molecule has 2 aromatic rings. The number of amides is 4. The maximum absolute atomic E-state index is 12.9. The maximum atomic E-state index is 12.9. The lowest BCUT2D eigenvalue weighted by atomic mass is 10.0. The van der Waals surface area contributed by atoms with E-state index in [9.17, 15) is 19.2 Å². The first-order valence-corrected chi connectivity index (χ1v) is 10.1. The molecule has 1 aromatic carbocycles. The Balaban J connectivity index is 1.32. The van der Waals surface area contributed by atoms with Crippen molar-refractivity contribution < 1.29 is 19.2 Å². The van der Waals surface area contributed by atoms with Crippen molar-refractivity contribution in [3.63, 3.8) is 0 Å². The first-order chi connectivity index (χ1) is 14.9. The summed E-state index contributed by atoms with van der Waals surface area (Å²) in [6, 6.07) is 4.05. The summed E-state index contributed by atoms with van der Waals surface area (Å²) in [5.74, 6) is -0.313. The van der Waals surface area contributed by atoms with Gasteiger partial charge in [0.05, 0.1) is 11.1 Å². The SMILES string of the molecule is Cn1nc(C2CNC2)nc1NCc1ccc2c(c1)C(=O)N(C1CCC(=O)NC1=O)C2=O. The standard InChI is InChI=1S/C20H21N7O4/c1-26-20(24-16(25-26)11-8-21-9-11)22-7-10-2-3-12-13(6-10)19(31)27(18(12)30)14-4-5-15(28)23-17(14)29/h2-3,6,11,14,21H,4-5,7-9H2,1H3,(H,22,24,25)(H,23,28,29). The van der Waals surface area contributed by atoms with E-state index in [4.69, 9.17) is 0 Å². The lowest BCUT2D eigenvalue weighted by Gasteiger charge is -2.27. The zero-order valence-electron chi connectivity index (χ0n) is 16.8. The van der Waals surface area contributed by atoms with Gasteiger partial charge in [-0.05, 0) is 24.1 Å².